The summed E-state index contributed by atoms with van der Waals surface area (Å²) in [5.41, 5.74) is -1.47. The highest BCUT2D eigenvalue weighted by atomic mass is 35.5. The molecule has 0 bridgehead atoms. The van der Waals surface area contributed by atoms with Crippen molar-refractivity contribution in [3.8, 4) is 18.2 Å². The summed E-state index contributed by atoms with van der Waals surface area (Å²) < 4.78 is 14.7. The number of likely N-dealkylation sites (N-methyl/N-ethyl adjacent to an activating group) is 1. The van der Waals surface area contributed by atoms with E-state index in [4.69, 9.17) is 17.0 Å². The minimum absolute atomic E-state index is 0.0732. The normalized spacial score (nSPS) is 29.5. The van der Waals surface area contributed by atoms with E-state index in [1.807, 2.05) is 25.3 Å². The van der Waals surface area contributed by atoms with Crippen LogP contribution in [0, 0.1) is 62.5 Å². The lowest BCUT2D eigenvalue weighted by atomic mass is 9.54. The predicted molar refractivity (Wildman–Crippen MR) is 92.8 cm³/mol. The van der Waals surface area contributed by atoms with Gasteiger partial charge in [-0.1, -0.05) is 17.7 Å². The van der Waals surface area contributed by atoms with Gasteiger partial charge < -0.3 is 10.3 Å². The fourth-order valence-corrected chi connectivity index (χ4v) is 4.46. The van der Waals surface area contributed by atoms with Gasteiger partial charge in [0.2, 0.25) is 0 Å². The van der Waals surface area contributed by atoms with Crippen LogP contribution >= 0.6 is 11.6 Å². The van der Waals surface area contributed by atoms with E-state index in [2.05, 4.69) is 6.07 Å². The Kier molecular flexibility index (Phi) is 4.55. The minimum Gasteiger partial charge on any atom is -0.334 e. The summed E-state index contributed by atoms with van der Waals surface area (Å²) in [6, 6.07) is 10.1. The smallest absolute Gasteiger partial charge is 0.190 e. The Hall–Kier alpha value is -2.72. The van der Waals surface area contributed by atoms with Gasteiger partial charge in [-0.2, -0.15) is 15.8 Å². The van der Waals surface area contributed by atoms with Crippen molar-refractivity contribution >= 4 is 17.3 Å². The number of nitriles is 3. The topological polar surface area (TPSA) is 99.7 Å². The van der Waals surface area contributed by atoms with Gasteiger partial charge in [0.25, 0.3) is 0 Å². The van der Waals surface area contributed by atoms with E-state index in [-0.39, 0.29) is 16.3 Å². The number of hydrogen-bond acceptors (Lipinski definition) is 4. The van der Waals surface area contributed by atoms with Crippen LogP contribution < -0.4 is 4.90 Å². The molecule has 1 fully saturated rings. The SMILES string of the molecule is C[NH+]1CC=C2C(C#N)C(=N)C(C#N)(C#N)[C@@H](c3c(F)cccc3Cl)[C@H]2C1. The molecule has 2 aliphatic rings. The third kappa shape index (κ3) is 2.41. The molecule has 0 aromatic heterocycles. The van der Waals surface area contributed by atoms with Crippen molar-refractivity contribution in [1.29, 1.82) is 21.2 Å². The molecule has 1 aliphatic carbocycles. The Balaban J connectivity index is 2.35. The molecule has 3 rings (SSSR count). The molecule has 1 heterocycles. The monoisotopic (exact) mass is 368 g/mol. The van der Waals surface area contributed by atoms with Gasteiger partial charge in [-0.3, -0.25) is 0 Å². The second-order valence-electron chi connectivity index (χ2n) is 6.80. The fourth-order valence-electron chi connectivity index (χ4n) is 4.18. The van der Waals surface area contributed by atoms with Gasteiger partial charge in [-0.25, -0.2) is 4.39 Å². The van der Waals surface area contributed by atoms with Crippen LogP contribution in [0.5, 0.6) is 0 Å². The zero-order valence-corrected chi connectivity index (χ0v) is 14.8. The largest absolute Gasteiger partial charge is 0.334 e. The molecule has 0 saturated heterocycles. The average Bonchev–Trinajstić information content (AvgIpc) is 2.62. The van der Waals surface area contributed by atoms with Crippen molar-refractivity contribution in [3.63, 3.8) is 0 Å². The molecule has 1 saturated carbocycles. The Morgan fingerprint density at radius 2 is 2.00 bits per heavy atom. The molecule has 0 amide bonds. The molecule has 1 aromatic rings. The lowest BCUT2D eigenvalue weighted by Crippen LogP contribution is -3.10. The Bertz CT molecular complexity index is 898. The van der Waals surface area contributed by atoms with E-state index < -0.39 is 29.0 Å². The van der Waals surface area contributed by atoms with Gasteiger partial charge in [0, 0.05) is 22.4 Å². The molecular weight excluding hydrogens is 353 g/mol. The molecule has 0 radical (unpaired) electrons. The number of hydrogen-bond donors (Lipinski definition) is 2. The summed E-state index contributed by atoms with van der Waals surface area (Å²) in [6.45, 7) is 1.19. The number of fused-ring (bicyclic) bond motifs is 1. The van der Waals surface area contributed by atoms with E-state index in [1.54, 1.807) is 0 Å². The number of halogens is 2. The third-order valence-electron chi connectivity index (χ3n) is 5.39. The summed E-state index contributed by atoms with van der Waals surface area (Å²) in [7, 11) is 1.95. The molecule has 1 aliphatic heterocycles. The van der Waals surface area contributed by atoms with Crippen LogP contribution in [0.2, 0.25) is 5.02 Å². The van der Waals surface area contributed by atoms with Crippen molar-refractivity contribution in [2.45, 2.75) is 5.92 Å². The van der Waals surface area contributed by atoms with Crippen molar-refractivity contribution in [1.82, 2.24) is 0 Å². The highest BCUT2D eigenvalue weighted by Gasteiger charge is 2.59. The van der Waals surface area contributed by atoms with Crippen LogP contribution in [0.15, 0.2) is 29.8 Å². The van der Waals surface area contributed by atoms with E-state index >= 15 is 0 Å². The van der Waals surface area contributed by atoms with E-state index in [0.717, 1.165) is 4.90 Å². The van der Waals surface area contributed by atoms with Crippen LogP contribution in [0.4, 0.5) is 4.39 Å². The van der Waals surface area contributed by atoms with Crippen molar-refractivity contribution in [3.05, 3.63) is 46.3 Å². The maximum Gasteiger partial charge on any atom is 0.190 e. The fraction of sp³-hybridized carbons (Fsp3) is 0.368. The second-order valence-corrected chi connectivity index (χ2v) is 7.20. The molecule has 7 heteroatoms. The van der Waals surface area contributed by atoms with Gasteiger partial charge in [0.15, 0.2) is 5.41 Å². The Morgan fingerprint density at radius 1 is 1.31 bits per heavy atom. The van der Waals surface area contributed by atoms with Gasteiger partial charge >= 0.3 is 0 Å². The van der Waals surface area contributed by atoms with Gasteiger partial charge in [-0.15, -0.1) is 0 Å². The number of nitrogens with zero attached hydrogens (tertiary/aromatic N) is 3. The number of nitrogens with one attached hydrogen (secondary N) is 2. The van der Waals surface area contributed by atoms with Crippen LogP contribution in [0.25, 0.3) is 0 Å². The maximum atomic E-state index is 14.7. The first-order valence-corrected chi connectivity index (χ1v) is 8.55. The average molecular weight is 369 g/mol. The highest BCUT2D eigenvalue weighted by Crippen LogP contribution is 2.54. The van der Waals surface area contributed by atoms with Crippen LogP contribution in [0.1, 0.15) is 11.5 Å². The summed E-state index contributed by atoms with van der Waals surface area (Å²) in [6.07, 6.45) is 1.88. The molecule has 130 valence electrons. The lowest BCUT2D eigenvalue weighted by molar-refractivity contribution is -0.878. The molecule has 0 spiro atoms. The van der Waals surface area contributed by atoms with Crippen molar-refractivity contribution < 1.29 is 9.29 Å². The van der Waals surface area contributed by atoms with E-state index in [9.17, 15) is 20.2 Å². The zero-order chi connectivity index (χ0) is 19.1. The van der Waals surface area contributed by atoms with Gasteiger partial charge in [-0.05, 0) is 23.8 Å². The second kappa shape index (κ2) is 6.54. The quantitative estimate of drug-likeness (QED) is 0.740. The van der Waals surface area contributed by atoms with Crippen LogP contribution in [-0.4, -0.2) is 25.8 Å². The highest BCUT2D eigenvalue weighted by molar-refractivity contribution is 6.31. The van der Waals surface area contributed by atoms with Crippen LogP contribution in [-0.2, 0) is 0 Å². The molecule has 2 N–H and O–H groups in total. The predicted octanol–water partition coefficient (Wildman–Crippen LogP) is 1.84. The first kappa shape index (κ1) is 18.1. The number of benzene rings is 1. The molecule has 1 aromatic carbocycles. The molecule has 5 nitrogen and oxygen atoms in total. The van der Waals surface area contributed by atoms with Crippen molar-refractivity contribution in [2.24, 2.45) is 17.3 Å². The third-order valence-corrected chi connectivity index (χ3v) is 5.72. The summed E-state index contributed by atoms with van der Waals surface area (Å²) in [5, 5.41) is 37.9. The zero-order valence-electron chi connectivity index (χ0n) is 14.1. The first-order chi connectivity index (χ1) is 12.4. The van der Waals surface area contributed by atoms with Crippen molar-refractivity contribution in [2.75, 3.05) is 20.1 Å². The standard InChI is InChI=1S/C19H15ClFN5/c1-26-6-5-11-12(7-22)18(25)19(9-23,10-24)17(13(11)8-26)16-14(20)3-2-4-15(16)21/h2-5,12-13,17,25H,6,8H2,1H3/p+1/t12?,13-,17+/m0/s1. The first-order valence-electron chi connectivity index (χ1n) is 8.17. The summed E-state index contributed by atoms with van der Waals surface area (Å²) in [5.74, 6) is -2.92. The minimum atomic E-state index is -1.94. The molecule has 2 unspecified atom stereocenters. The van der Waals surface area contributed by atoms with E-state index in [0.29, 0.717) is 18.7 Å². The number of quaternary nitrogens is 1. The molecule has 26 heavy (non-hydrogen) atoms. The Morgan fingerprint density at radius 3 is 2.58 bits per heavy atom. The van der Waals surface area contributed by atoms with Gasteiger partial charge in [0.05, 0.1) is 44.1 Å². The molecular formula is C19H16ClFN5+. The Labute approximate surface area is 156 Å². The number of rotatable bonds is 1. The maximum absolute atomic E-state index is 14.7. The van der Waals surface area contributed by atoms with Gasteiger partial charge in [0.1, 0.15) is 11.7 Å². The molecule has 4 atom stereocenters. The van der Waals surface area contributed by atoms with E-state index in [1.165, 1.54) is 18.2 Å². The lowest BCUT2D eigenvalue weighted by Gasteiger charge is -2.46. The summed E-state index contributed by atoms with van der Waals surface area (Å²) in [4.78, 5) is 1.12. The van der Waals surface area contributed by atoms with Crippen LogP contribution in [0.3, 0.4) is 0 Å². The summed E-state index contributed by atoms with van der Waals surface area (Å²) >= 11 is 6.27.